The molecule has 0 radical (unpaired) electrons. The van der Waals surface area contributed by atoms with Gasteiger partial charge in [-0.2, -0.15) is 4.98 Å². The number of nitro groups is 1. The Morgan fingerprint density at radius 1 is 1.07 bits per heavy atom. The molecule has 1 N–H and O–H groups in total. The van der Waals surface area contributed by atoms with Crippen molar-refractivity contribution in [2.24, 2.45) is 0 Å². The second-order valence-electron chi connectivity index (χ2n) is 5.74. The van der Waals surface area contributed by atoms with E-state index in [0.717, 1.165) is 5.56 Å². The third-order valence-electron chi connectivity index (χ3n) is 3.78. The molecule has 2 aromatic carbocycles. The molecule has 0 unspecified atom stereocenters. The zero-order valence-corrected chi connectivity index (χ0v) is 15.1. The first kappa shape index (κ1) is 18.8. The van der Waals surface area contributed by atoms with Crippen LogP contribution in [0.2, 0.25) is 0 Å². The molecule has 28 heavy (non-hydrogen) atoms. The minimum absolute atomic E-state index is 0.0343. The van der Waals surface area contributed by atoms with Crippen LogP contribution in [0, 0.1) is 17.0 Å². The van der Waals surface area contributed by atoms with Gasteiger partial charge in [-0.3, -0.25) is 10.1 Å². The molecule has 0 aliphatic rings. The molecule has 0 aliphatic heterocycles. The lowest BCUT2D eigenvalue weighted by Gasteiger charge is -2.10. The lowest BCUT2D eigenvalue weighted by Crippen LogP contribution is -2.04. The number of carbonyl (C=O) groups excluding carboxylic acids is 1. The molecule has 3 rings (SSSR count). The fourth-order valence-corrected chi connectivity index (χ4v) is 2.36. The van der Waals surface area contributed by atoms with Gasteiger partial charge >= 0.3 is 17.5 Å². The number of ether oxygens (including phenoxy) is 2. The predicted octanol–water partition coefficient (Wildman–Crippen LogP) is 4.02. The Morgan fingerprint density at radius 2 is 1.75 bits per heavy atom. The highest BCUT2D eigenvalue weighted by Crippen LogP contribution is 2.35. The van der Waals surface area contributed by atoms with Crippen LogP contribution >= 0.6 is 0 Å². The van der Waals surface area contributed by atoms with Crippen molar-refractivity contribution < 1.29 is 19.2 Å². The van der Waals surface area contributed by atoms with Gasteiger partial charge in [0, 0.05) is 5.69 Å². The summed E-state index contributed by atoms with van der Waals surface area (Å²) in [4.78, 5) is 30.3. The summed E-state index contributed by atoms with van der Waals surface area (Å²) in [7, 11) is 1.29. The Bertz CT molecular complexity index is 1000. The van der Waals surface area contributed by atoms with Crippen molar-refractivity contribution >= 4 is 23.2 Å². The van der Waals surface area contributed by atoms with Crippen LogP contribution in [-0.4, -0.2) is 28.0 Å². The van der Waals surface area contributed by atoms with E-state index in [1.54, 1.807) is 24.3 Å². The lowest BCUT2D eigenvalue weighted by molar-refractivity contribution is -0.385. The molecular weight excluding hydrogens is 364 g/mol. The highest BCUT2D eigenvalue weighted by Gasteiger charge is 2.25. The van der Waals surface area contributed by atoms with Crippen LogP contribution in [0.1, 0.15) is 15.9 Å². The standard InChI is InChI=1S/C19H16N4O5/c1-12-3-9-15(10-4-12)28-18-16(23(25)26)17(20-11-21-18)22-14-7-5-13(6-8-14)19(24)27-2/h3-11H,1-2H3,(H,20,21,22). The van der Waals surface area contributed by atoms with Crippen molar-refractivity contribution in [1.29, 1.82) is 0 Å². The quantitative estimate of drug-likeness (QED) is 0.387. The summed E-state index contributed by atoms with van der Waals surface area (Å²) >= 11 is 0. The average molecular weight is 380 g/mol. The van der Waals surface area contributed by atoms with Gasteiger partial charge < -0.3 is 14.8 Å². The van der Waals surface area contributed by atoms with Gasteiger partial charge in [-0.15, -0.1) is 0 Å². The third kappa shape index (κ3) is 4.21. The molecule has 0 aliphatic carbocycles. The first-order valence-corrected chi connectivity index (χ1v) is 8.17. The number of carbonyl (C=O) groups is 1. The Balaban J connectivity index is 1.89. The number of benzene rings is 2. The van der Waals surface area contributed by atoms with Gasteiger partial charge in [0.1, 0.15) is 12.1 Å². The number of hydrogen-bond acceptors (Lipinski definition) is 8. The number of aryl methyl sites for hydroxylation is 1. The number of aromatic nitrogens is 2. The van der Waals surface area contributed by atoms with E-state index < -0.39 is 16.6 Å². The average Bonchev–Trinajstić information content (AvgIpc) is 2.69. The number of rotatable bonds is 6. The summed E-state index contributed by atoms with van der Waals surface area (Å²) in [5.41, 5.74) is 1.48. The van der Waals surface area contributed by atoms with Crippen LogP contribution in [0.3, 0.4) is 0 Å². The Hall–Kier alpha value is -4.01. The first-order valence-electron chi connectivity index (χ1n) is 8.17. The van der Waals surface area contributed by atoms with Crippen LogP contribution in [0.5, 0.6) is 11.6 Å². The minimum Gasteiger partial charge on any atom is -0.465 e. The summed E-state index contributed by atoms with van der Waals surface area (Å²) < 4.78 is 10.2. The van der Waals surface area contributed by atoms with Gasteiger partial charge in [-0.05, 0) is 43.3 Å². The van der Waals surface area contributed by atoms with Gasteiger partial charge in [-0.1, -0.05) is 17.7 Å². The molecule has 0 saturated carbocycles. The second-order valence-corrected chi connectivity index (χ2v) is 5.74. The van der Waals surface area contributed by atoms with Gasteiger partial charge in [0.25, 0.3) is 0 Å². The van der Waals surface area contributed by atoms with Crippen molar-refractivity contribution in [3.63, 3.8) is 0 Å². The maximum absolute atomic E-state index is 11.6. The van der Waals surface area contributed by atoms with Crippen molar-refractivity contribution in [1.82, 2.24) is 9.97 Å². The first-order chi connectivity index (χ1) is 13.5. The molecule has 142 valence electrons. The Morgan fingerprint density at radius 3 is 2.36 bits per heavy atom. The molecule has 0 spiro atoms. The lowest BCUT2D eigenvalue weighted by atomic mass is 10.2. The van der Waals surface area contributed by atoms with Crippen molar-refractivity contribution in [3.05, 3.63) is 76.1 Å². The minimum atomic E-state index is -0.616. The molecule has 0 atom stereocenters. The van der Waals surface area contributed by atoms with E-state index in [2.05, 4.69) is 20.0 Å². The predicted molar refractivity (Wildman–Crippen MR) is 101 cm³/mol. The SMILES string of the molecule is COC(=O)c1ccc(Nc2ncnc(Oc3ccc(C)cc3)c2[N+](=O)[O-])cc1. The highest BCUT2D eigenvalue weighted by molar-refractivity contribution is 5.89. The summed E-state index contributed by atoms with van der Waals surface area (Å²) in [6, 6.07) is 13.3. The molecule has 9 nitrogen and oxygen atoms in total. The maximum Gasteiger partial charge on any atom is 0.373 e. The van der Waals surface area contributed by atoms with Crippen LogP contribution in [0.25, 0.3) is 0 Å². The Kier molecular flexibility index (Phi) is 5.45. The van der Waals surface area contributed by atoms with E-state index in [4.69, 9.17) is 4.74 Å². The normalized spacial score (nSPS) is 10.2. The van der Waals surface area contributed by atoms with Gasteiger partial charge in [0.05, 0.1) is 17.6 Å². The Labute approximate surface area is 160 Å². The van der Waals surface area contributed by atoms with Crippen molar-refractivity contribution in [3.8, 4) is 11.6 Å². The second kappa shape index (κ2) is 8.12. The monoisotopic (exact) mass is 380 g/mol. The summed E-state index contributed by atoms with van der Waals surface area (Å²) in [5.74, 6) is -0.278. The molecule has 1 heterocycles. The largest absolute Gasteiger partial charge is 0.465 e. The summed E-state index contributed by atoms with van der Waals surface area (Å²) in [5, 5.41) is 14.5. The molecule has 1 aromatic heterocycles. The van der Waals surface area contributed by atoms with Crippen molar-refractivity contribution in [2.75, 3.05) is 12.4 Å². The van der Waals surface area contributed by atoms with E-state index in [9.17, 15) is 14.9 Å². The fourth-order valence-electron chi connectivity index (χ4n) is 2.36. The number of hydrogen-bond donors (Lipinski definition) is 1. The molecule has 0 saturated heterocycles. The van der Waals surface area contributed by atoms with E-state index in [0.29, 0.717) is 17.0 Å². The smallest absolute Gasteiger partial charge is 0.373 e. The number of esters is 1. The highest BCUT2D eigenvalue weighted by atomic mass is 16.6. The van der Waals surface area contributed by atoms with Crippen LogP contribution in [-0.2, 0) is 4.74 Å². The number of methoxy groups -OCH3 is 1. The number of nitrogens with zero attached hydrogens (tertiary/aromatic N) is 3. The van der Waals surface area contributed by atoms with Gasteiger partial charge in [0.2, 0.25) is 5.82 Å². The van der Waals surface area contributed by atoms with E-state index in [1.807, 2.05) is 19.1 Å². The molecule has 0 amide bonds. The van der Waals surface area contributed by atoms with Gasteiger partial charge in [-0.25, -0.2) is 9.78 Å². The third-order valence-corrected chi connectivity index (χ3v) is 3.78. The number of nitrogens with one attached hydrogen (secondary N) is 1. The zero-order chi connectivity index (χ0) is 20.1. The van der Waals surface area contributed by atoms with Crippen molar-refractivity contribution in [2.45, 2.75) is 6.92 Å². The molecule has 9 heteroatoms. The topological polar surface area (TPSA) is 116 Å². The molecular formula is C19H16N4O5. The van der Waals surface area contributed by atoms with Crippen LogP contribution < -0.4 is 10.1 Å². The van der Waals surface area contributed by atoms with E-state index >= 15 is 0 Å². The molecule has 3 aromatic rings. The van der Waals surface area contributed by atoms with Gasteiger partial charge in [0.15, 0.2) is 0 Å². The van der Waals surface area contributed by atoms with Crippen LogP contribution in [0.15, 0.2) is 54.9 Å². The maximum atomic E-state index is 11.6. The van der Waals surface area contributed by atoms with Crippen LogP contribution in [0.4, 0.5) is 17.2 Å². The molecule has 0 fully saturated rings. The van der Waals surface area contributed by atoms with E-state index in [-0.39, 0.29) is 11.7 Å². The zero-order valence-electron chi connectivity index (χ0n) is 15.1. The summed E-state index contributed by atoms with van der Waals surface area (Å²) in [6.45, 7) is 1.92. The fraction of sp³-hybridized carbons (Fsp3) is 0.105. The summed E-state index contributed by atoms with van der Waals surface area (Å²) in [6.07, 6.45) is 1.17. The molecule has 0 bridgehead atoms. The number of anilines is 2. The van der Waals surface area contributed by atoms with E-state index in [1.165, 1.54) is 25.6 Å².